The molecule has 4 heteroatoms. The number of benzene rings is 1. The van der Waals surface area contributed by atoms with E-state index in [0.29, 0.717) is 0 Å². The highest BCUT2D eigenvalue weighted by atomic mass is 16.6. The van der Waals surface area contributed by atoms with E-state index in [9.17, 15) is 15.2 Å². The van der Waals surface area contributed by atoms with Gasteiger partial charge in [0.25, 0.3) is 5.69 Å². The maximum absolute atomic E-state index is 10.5. The van der Waals surface area contributed by atoms with Gasteiger partial charge in [0.15, 0.2) is 0 Å². The summed E-state index contributed by atoms with van der Waals surface area (Å²) in [6.45, 7) is 2.19. The van der Waals surface area contributed by atoms with E-state index in [-0.39, 0.29) is 5.69 Å². The first-order valence-electron chi connectivity index (χ1n) is 7.07. The Kier molecular flexibility index (Phi) is 7.11. The molecule has 0 amide bonds. The topological polar surface area (TPSA) is 63.4 Å². The molecule has 0 radical (unpaired) electrons. The summed E-state index contributed by atoms with van der Waals surface area (Å²) >= 11 is 0. The Balaban J connectivity index is 2.29. The van der Waals surface area contributed by atoms with Gasteiger partial charge in [-0.25, -0.2) is 0 Å². The average molecular weight is 265 g/mol. The van der Waals surface area contributed by atoms with E-state index in [4.69, 9.17) is 0 Å². The summed E-state index contributed by atoms with van der Waals surface area (Å²) in [6.07, 6.45) is 7.38. The van der Waals surface area contributed by atoms with Crippen molar-refractivity contribution in [2.24, 2.45) is 0 Å². The van der Waals surface area contributed by atoms with Crippen LogP contribution in [0.4, 0.5) is 5.69 Å². The highest BCUT2D eigenvalue weighted by molar-refractivity contribution is 5.33. The molecule has 1 unspecified atom stereocenters. The third kappa shape index (κ3) is 5.83. The highest BCUT2D eigenvalue weighted by Crippen LogP contribution is 2.22. The second kappa shape index (κ2) is 8.64. The summed E-state index contributed by atoms with van der Waals surface area (Å²) < 4.78 is 0. The second-order valence-electron chi connectivity index (χ2n) is 4.92. The number of hydrogen-bond acceptors (Lipinski definition) is 3. The van der Waals surface area contributed by atoms with Crippen molar-refractivity contribution in [2.75, 3.05) is 0 Å². The van der Waals surface area contributed by atoms with Crippen LogP contribution >= 0.6 is 0 Å². The lowest BCUT2D eigenvalue weighted by molar-refractivity contribution is -0.384. The molecular formula is C15H23NO3. The van der Waals surface area contributed by atoms with E-state index in [1.165, 1.54) is 37.8 Å². The van der Waals surface area contributed by atoms with Crippen molar-refractivity contribution < 1.29 is 10.0 Å². The first-order chi connectivity index (χ1) is 9.15. The SMILES string of the molecule is CCCCCCCCC(O)c1ccc([N+](=O)[O-])cc1. The fourth-order valence-electron chi connectivity index (χ4n) is 2.10. The average Bonchev–Trinajstić information content (AvgIpc) is 2.42. The van der Waals surface area contributed by atoms with Gasteiger partial charge < -0.3 is 5.11 Å². The third-order valence-electron chi connectivity index (χ3n) is 3.32. The van der Waals surface area contributed by atoms with Crippen LogP contribution in [-0.2, 0) is 0 Å². The molecule has 0 aliphatic carbocycles. The minimum absolute atomic E-state index is 0.0653. The normalized spacial score (nSPS) is 12.3. The number of rotatable bonds is 9. The van der Waals surface area contributed by atoms with Gasteiger partial charge in [-0.3, -0.25) is 10.1 Å². The van der Waals surface area contributed by atoms with Gasteiger partial charge in [-0.05, 0) is 24.1 Å². The number of hydrogen-bond donors (Lipinski definition) is 1. The molecule has 0 aliphatic heterocycles. The lowest BCUT2D eigenvalue weighted by Crippen LogP contribution is -1.98. The standard InChI is InChI=1S/C15H23NO3/c1-2-3-4-5-6-7-8-15(17)13-9-11-14(12-10-13)16(18)19/h9-12,15,17H,2-8H2,1H3. The van der Waals surface area contributed by atoms with E-state index >= 15 is 0 Å². The Morgan fingerprint density at radius 2 is 1.68 bits per heavy atom. The Hall–Kier alpha value is -1.42. The van der Waals surface area contributed by atoms with Gasteiger partial charge in [0, 0.05) is 12.1 Å². The Morgan fingerprint density at radius 3 is 2.26 bits per heavy atom. The molecule has 19 heavy (non-hydrogen) atoms. The maximum atomic E-state index is 10.5. The number of aliphatic hydroxyl groups excluding tert-OH is 1. The van der Waals surface area contributed by atoms with Crippen molar-refractivity contribution >= 4 is 5.69 Å². The zero-order valence-electron chi connectivity index (χ0n) is 11.5. The predicted molar refractivity (Wildman–Crippen MR) is 76.0 cm³/mol. The third-order valence-corrected chi connectivity index (χ3v) is 3.32. The van der Waals surface area contributed by atoms with Crippen LogP contribution in [0.2, 0.25) is 0 Å². The van der Waals surface area contributed by atoms with Crippen molar-refractivity contribution in [3.63, 3.8) is 0 Å². The Morgan fingerprint density at radius 1 is 1.11 bits per heavy atom. The van der Waals surface area contributed by atoms with Crippen LogP contribution in [-0.4, -0.2) is 10.0 Å². The molecule has 1 rings (SSSR count). The number of nitro benzene ring substituents is 1. The predicted octanol–water partition coefficient (Wildman–Crippen LogP) is 4.38. The van der Waals surface area contributed by atoms with E-state index in [0.717, 1.165) is 24.8 Å². The molecule has 0 aliphatic rings. The van der Waals surface area contributed by atoms with Crippen LogP contribution in [0.1, 0.15) is 63.5 Å². The Labute approximate surface area is 114 Å². The lowest BCUT2D eigenvalue weighted by Gasteiger charge is -2.10. The fraction of sp³-hybridized carbons (Fsp3) is 0.600. The first kappa shape index (κ1) is 15.6. The quantitative estimate of drug-likeness (QED) is 0.409. The molecule has 0 bridgehead atoms. The van der Waals surface area contributed by atoms with Gasteiger partial charge >= 0.3 is 0 Å². The zero-order valence-corrected chi connectivity index (χ0v) is 11.5. The molecule has 1 atom stereocenters. The highest BCUT2D eigenvalue weighted by Gasteiger charge is 2.10. The van der Waals surface area contributed by atoms with Gasteiger partial charge in [-0.2, -0.15) is 0 Å². The minimum atomic E-state index is -0.507. The molecule has 0 heterocycles. The summed E-state index contributed by atoms with van der Waals surface area (Å²) in [5.41, 5.74) is 0.828. The molecule has 106 valence electrons. The van der Waals surface area contributed by atoms with Crippen molar-refractivity contribution in [1.29, 1.82) is 0 Å². The van der Waals surface area contributed by atoms with Crippen molar-refractivity contribution in [1.82, 2.24) is 0 Å². The van der Waals surface area contributed by atoms with Crippen LogP contribution in [0.5, 0.6) is 0 Å². The van der Waals surface area contributed by atoms with Crippen molar-refractivity contribution in [3.8, 4) is 0 Å². The number of aliphatic hydroxyl groups is 1. The summed E-state index contributed by atoms with van der Waals surface area (Å²) in [5, 5.41) is 20.5. The largest absolute Gasteiger partial charge is 0.388 e. The van der Waals surface area contributed by atoms with Crippen LogP contribution < -0.4 is 0 Å². The molecule has 1 aromatic rings. The fourth-order valence-corrected chi connectivity index (χ4v) is 2.10. The van der Waals surface area contributed by atoms with E-state index < -0.39 is 11.0 Å². The number of nitro groups is 1. The molecular weight excluding hydrogens is 242 g/mol. The van der Waals surface area contributed by atoms with Gasteiger partial charge in [0.2, 0.25) is 0 Å². The molecule has 0 saturated carbocycles. The van der Waals surface area contributed by atoms with E-state index in [1.54, 1.807) is 12.1 Å². The van der Waals surface area contributed by atoms with Gasteiger partial charge in [-0.1, -0.05) is 45.4 Å². The first-order valence-corrected chi connectivity index (χ1v) is 7.07. The summed E-state index contributed by atoms with van der Waals surface area (Å²) in [4.78, 5) is 10.1. The minimum Gasteiger partial charge on any atom is -0.388 e. The van der Waals surface area contributed by atoms with Crippen LogP contribution in [0.3, 0.4) is 0 Å². The van der Waals surface area contributed by atoms with E-state index in [1.807, 2.05) is 0 Å². The summed E-state index contributed by atoms with van der Waals surface area (Å²) in [7, 11) is 0. The Bertz CT molecular complexity index is 375. The molecule has 4 nitrogen and oxygen atoms in total. The maximum Gasteiger partial charge on any atom is 0.269 e. The molecule has 0 fully saturated rings. The zero-order chi connectivity index (χ0) is 14.1. The smallest absolute Gasteiger partial charge is 0.269 e. The van der Waals surface area contributed by atoms with Crippen LogP contribution in [0.25, 0.3) is 0 Å². The number of unbranched alkanes of at least 4 members (excludes halogenated alkanes) is 5. The van der Waals surface area contributed by atoms with Crippen LogP contribution in [0.15, 0.2) is 24.3 Å². The second-order valence-corrected chi connectivity index (χ2v) is 4.92. The number of nitrogens with zero attached hydrogens (tertiary/aromatic N) is 1. The summed E-state index contributed by atoms with van der Waals surface area (Å²) in [6, 6.07) is 6.17. The monoisotopic (exact) mass is 265 g/mol. The number of non-ortho nitro benzene ring substituents is 1. The molecule has 0 saturated heterocycles. The van der Waals surface area contributed by atoms with Gasteiger partial charge in [0.1, 0.15) is 0 Å². The molecule has 1 N–H and O–H groups in total. The van der Waals surface area contributed by atoms with Gasteiger partial charge in [-0.15, -0.1) is 0 Å². The lowest BCUT2D eigenvalue weighted by atomic mass is 10.0. The molecule has 0 spiro atoms. The summed E-state index contributed by atoms with van der Waals surface area (Å²) in [5.74, 6) is 0. The van der Waals surface area contributed by atoms with Crippen molar-refractivity contribution in [2.45, 2.75) is 58.0 Å². The molecule has 0 aromatic heterocycles. The van der Waals surface area contributed by atoms with Crippen molar-refractivity contribution in [3.05, 3.63) is 39.9 Å². The van der Waals surface area contributed by atoms with Gasteiger partial charge in [0.05, 0.1) is 11.0 Å². The molecule has 1 aromatic carbocycles. The van der Waals surface area contributed by atoms with Crippen LogP contribution in [0, 0.1) is 10.1 Å². The van der Waals surface area contributed by atoms with E-state index in [2.05, 4.69) is 6.92 Å².